The molecule has 0 saturated heterocycles. The molecule has 0 rings (SSSR count). The number of rotatable bonds is 10. The van der Waals surface area contributed by atoms with Gasteiger partial charge in [0.2, 0.25) is 0 Å². The van der Waals surface area contributed by atoms with E-state index in [9.17, 15) is 8.42 Å². The fourth-order valence-electron chi connectivity index (χ4n) is 0.959. The van der Waals surface area contributed by atoms with Gasteiger partial charge in [0.15, 0.2) is 0 Å². The van der Waals surface area contributed by atoms with E-state index in [-0.39, 0.29) is 5.75 Å². The van der Waals surface area contributed by atoms with Gasteiger partial charge in [-0.1, -0.05) is 6.08 Å². The molecule has 0 atom stereocenters. The summed E-state index contributed by atoms with van der Waals surface area (Å²) in [7, 11) is -2.84. The third-order valence-electron chi connectivity index (χ3n) is 1.77. The molecule has 0 spiro atoms. The molecule has 0 fully saturated rings. The van der Waals surface area contributed by atoms with Crippen LogP contribution in [0.2, 0.25) is 0 Å². The normalized spacial score (nSPS) is 11.5. The van der Waals surface area contributed by atoms with Crippen molar-refractivity contribution in [3.63, 3.8) is 0 Å². The van der Waals surface area contributed by atoms with Crippen molar-refractivity contribution >= 4 is 9.84 Å². The molecule has 1 N–H and O–H groups in total. The molecule has 0 unspecified atom stereocenters. The van der Waals surface area contributed by atoms with E-state index in [2.05, 4.69) is 11.9 Å². The molecule has 0 aromatic heterocycles. The Bertz CT molecular complexity index is 249. The van der Waals surface area contributed by atoms with Gasteiger partial charge in [-0.05, 0) is 12.8 Å². The average molecular weight is 235 g/mol. The van der Waals surface area contributed by atoms with Crippen LogP contribution >= 0.6 is 0 Å². The highest BCUT2D eigenvalue weighted by Crippen LogP contribution is 1.89. The van der Waals surface area contributed by atoms with Gasteiger partial charge in [-0.25, -0.2) is 8.42 Å². The van der Waals surface area contributed by atoms with Crippen LogP contribution < -0.4 is 5.32 Å². The SMILES string of the molecule is C=CCCCOCCNCCS(C)(=O)=O. The summed E-state index contributed by atoms with van der Waals surface area (Å²) in [6.45, 7) is 6.17. The highest BCUT2D eigenvalue weighted by atomic mass is 32.2. The molecule has 0 radical (unpaired) electrons. The Morgan fingerprint density at radius 3 is 2.67 bits per heavy atom. The summed E-state index contributed by atoms with van der Waals surface area (Å²) >= 11 is 0. The van der Waals surface area contributed by atoms with Crippen molar-refractivity contribution < 1.29 is 13.2 Å². The zero-order valence-corrected chi connectivity index (χ0v) is 10.2. The second kappa shape index (κ2) is 8.88. The first kappa shape index (κ1) is 14.6. The lowest BCUT2D eigenvalue weighted by molar-refractivity contribution is 0.134. The molecule has 0 heterocycles. The first-order valence-corrected chi connectivity index (χ1v) is 7.19. The standard InChI is InChI=1S/C10H21NO3S/c1-3-4-5-8-14-9-6-11-7-10-15(2,12)13/h3,11H,1,4-10H2,2H3. The van der Waals surface area contributed by atoms with Crippen molar-refractivity contribution in [2.45, 2.75) is 12.8 Å². The number of hydrogen-bond acceptors (Lipinski definition) is 4. The van der Waals surface area contributed by atoms with E-state index in [0.29, 0.717) is 19.7 Å². The highest BCUT2D eigenvalue weighted by molar-refractivity contribution is 7.90. The van der Waals surface area contributed by atoms with Crippen molar-refractivity contribution in [2.24, 2.45) is 0 Å². The van der Waals surface area contributed by atoms with E-state index < -0.39 is 9.84 Å². The first-order chi connectivity index (χ1) is 7.06. The molecule has 0 amide bonds. The second-order valence-electron chi connectivity index (χ2n) is 3.42. The van der Waals surface area contributed by atoms with Crippen molar-refractivity contribution in [2.75, 3.05) is 38.3 Å². The molecule has 15 heavy (non-hydrogen) atoms. The highest BCUT2D eigenvalue weighted by Gasteiger charge is 1.99. The maximum absolute atomic E-state index is 10.8. The van der Waals surface area contributed by atoms with Gasteiger partial charge >= 0.3 is 0 Å². The molecule has 0 bridgehead atoms. The third kappa shape index (κ3) is 13.6. The number of unbranched alkanes of at least 4 members (excludes halogenated alkanes) is 1. The van der Waals surface area contributed by atoms with E-state index in [1.165, 1.54) is 6.26 Å². The van der Waals surface area contributed by atoms with E-state index in [1.54, 1.807) is 0 Å². The van der Waals surface area contributed by atoms with Crippen LogP contribution in [0.3, 0.4) is 0 Å². The number of nitrogens with one attached hydrogen (secondary N) is 1. The maximum atomic E-state index is 10.8. The summed E-state index contributed by atoms with van der Waals surface area (Å²) in [6, 6.07) is 0. The zero-order chi connectivity index (χ0) is 11.6. The maximum Gasteiger partial charge on any atom is 0.148 e. The number of hydrogen-bond donors (Lipinski definition) is 1. The molecule has 90 valence electrons. The van der Waals surface area contributed by atoms with Gasteiger partial charge < -0.3 is 10.1 Å². The zero-order valence-electron chi connectivity index (χ0n) is 9.37. The van der Waals surface area contributed by atoms with Gasteiger partial charge in [0, 0.05) is 26.0 Å². The summed E-state index contributed by atoms with van der Waals surface area (Å²) in [5.74, 6) is 0.184. The predicted molar refractivity (Wildman–Crippen MR) is 62.8 cm³/mol. The molecule has 5 heteroatoms. The monoisotopic (exact) mass is 235 g/mol. The summed E-state index contributed by atoms with van der Waals surface area (Å²) in [5.41, 5.74) is 0. The first-order valence-electron chi connectivity index (χ1n) is 5.13. The van der Waals surface area contributed by atoms with Gasteiger partial charge in [0.25, 0.3) is 0 Å². The Morgan fingerprint density at radius 1 is 1.33 bits per heavy atom. The Hall–Kier alpha value is -0.390. The van der Waals surface area contributed by atoms with E-state index >= 15 is 0 Å². The Labute approximate surface area is 92.6 Å². The number of ether oxygens (including phenoxy) is 1. The van der Waals surface area contributed by atoms with E-state index in [4.69, 9.17) is 4.74 Å². The van der Waals surface area contributed by atoms with Gasteiger partial charge in [0.1, 0.15) is 9.84 Å². The van der Waals surface area contributed by atoms with E-state index in [1.807, 2.05) is 6.08 Å². The van der Waals surface area contributed by atoms with Crippen molar-refractivity contribution in [1.29, 1.82) is 0 Å². The molecule has 0 aliphatic rings. The Balaban J connectivity index is 3.08. The Morgan fingerprint density at radius 2 is 2.07 bits per heavy atom. The smallest absolute Gasteiger partial charge is 0.148 e. The quantitative estimate of drug-likeness (QED) is 0.445. The topological polar surface area (TPSA) is 55.4 Å². The van der Waals surface area contributed by atoms with Crippen LogP contribution in [-0.4, -0.2) is 46.7 Å². The van der Waals surface area contributed by atoms with Gasteiger partial charge in [-0.15, -0.1) is 6.58 Å². The van der Waals surface area contributed by atoms with Crippen LogP contribution in [0.1, 0.15) is 12.8 Å². The van der Waals surface area contributed by atoms with Crippen molar-refractivity contribution in [1.82, 2.24) is 5.32 Å². The van der Waals surface area contributed by atoms with Crippen LogP contribution in [0, 0.1) is 0 Å². The molecule has 0 aliphatic heterocycles. The van der Waals surface area contributed by atoms with Crippen LogP contribution in [0.25, 0.3) is 0 Å². The summed E-state index contributed by atoms with van der Waals surface area (Å²) in [6.07, 6.45) is 5.07. The third-order valence-corrected chi connectivity index (χ3v) is 2.72. The fourth-order valence-corrected chi connectivity index (χ4v) is 1.47. The number of sulfone groups is 1. The lowest BCUT2D eigenvalue weighted by Gasteiger charge is -2.04. The number of allylic oxidation sites excluding steroid dienone is 1. The Kier molecular flexibility index (Phi) is 8.65. The molecular formula is C10H21NO3S. The molecule has 0 aromatic rings. The van der Waals surface area contributed by atoms with Crippen LogP contribution in [0.5, 0.6) is 0 Å². The van der Waals surface area contributed by atoms with Crippen LogP contribution in [-0.2, 0) is 14.6 Å². The molecule has 0 aromatic carbocycles. The fraction of sp³-hybridized carbons (Fsp3) is 0.800. The second-order valence-corrected chi connectivity index (χ2v) is 5.68. The van der Waals surface area contributed by atoms with Crippen LogP contribution in [0.4, 0.5) is 0 Å². The lowest BCUT2D eigenvalue weighted by atomic mass is 10.3. The van der Waals surface area contributed by atoms with Gasteiger partial charge in [-0.2, -0.15) is 0 Å². The summed E-state index contributed by atoms with van der Waals surface area (Å²) < 4.78 is 26.8. The van der Waals surface area contributed by atoms with Crippen molar-refractivity contribution in [3.05, 3.63) is 12.7 Å². The average Bonchev–Trinajstić information content (AvgIpc) is 2.14. The minimum Gasteiger partial charge on any atom is -0.380 e. The molecular weight excluding hydrogens is 214 g/mol. The minimum atomic E-state index is -2.84. The molecule has 4 nitrogen and oxygen atoms in total. The van der Waals surface area contributed by atoms with Crippen LogP contribution in [0.15, 0.2) is 12.7 Å². The van der Waals surface area contributed by atoms with E-state index in [0.717, 1.165) is 19.4 Å². The minimum absolute atomic E-state index is 0.184. The summed E-state index contributed by atoms with van der Waals surface area (Å²) in [5, 5.41) is 3.01. The largest absolute Gasteiger partial charge is 0.380 e. The lowest BCUT2D eigenvalue weighted by Crippen LogP contribution is -2.25. The van der Waals surface area contributed by atoms with Crippen molar-refractivity contribution in [3.8, 4) is 0 Å². The predicted octanol–water partition coefficient (Wildman–Crippen LogP) is 0.603. The summed E-state index contributed by atoms with van der Waals surface area (Å²) in [4.78, 5) is 0. The molecule has 0 saturated carbocycles. The van der Waals surface area contributed by atoms with Gasteiger partial charge in [0.05, 0.1) is 12.4 Å². The molecule has 0 aliphatic carbocycles. The van der Waals surface area contributed by atoms with Gasteiger partial charge in [-0.3, -0.25) is 0 Å².